The molecule has 2 N–H and O–H groups in total. The third-order valence-electron chi connectivity index (χ3n) is 3.24. The van der Waals surface area contributed by atoms with Crippen molar-refractivity contribution in [1.29, 1.82) is 0 Å². The summed E-state index contributed by atoms with van der Waals surface area (Å²) in [6.07, 6.45) is 2.10. The molecule has 0 unspecified atom stereocenters. The molecule has 5 nitrogen and oxygen atoms in total. The molecule has 0 aliphatic heterocycles. The third kappa shape index (κ3) is 6.60. The minimum absolute atomic E-state index is 0.110. The second-order valence-corrected chi connectivity index (χ2v) is 7.10. The van der Waals surface area contributed by atoms with E-state index in [1.54, 1.807) is 7.11 Å². The van der Waals surface area contributed by atoms with E-state index in [0.29, 0.717) is 6.61 Å². The van der Waals surface area contributed by atoms with E-state index >= 15 is 0 Å². The number of methoxy groups -OCH3 is 1. The van der Waals surface area contributed by atoms with Gasteiger partial charge in [0.15, 0.2) is 17.5 Å². The van der Waals surface area contributed by atoms with E-state index < -0.39 is 0 Å². The lowest BCUT2D eigenvalue weighted by atomic mass is 10.2. The van der Waals surface area contributed by atoms with Crippen molar-refractivity contribution in [2.24, 2.45) is 4.99 Å². The zero-order valence-corrected chi connectivity index (χ0v) is 15.8. The van der Waals surface area contributed by atoms with Gasteiger partial charge in [0.2, 0.25) is 0 Å². The second kappa shape index (κ2) is 9.55. The molecule has 6 heteroatoms. The van der Waals surface area contributed by atoms with Gasteiger partial charge in [0.25, 0.3) is 0 Å². The summed E-state index contributed by atoms with van der Waals surface area (Å²) in [5, 5.41) is 6.59. The molecule has 1 aromatic rings. The Labute approximate surface area is 144 Å². The van der Waals surface area contributed by atoms with Gasteiger partial charge in [-0.3, -0.25) is 4.99 Å². The number of hydrogen-bond acceptors (Lipinski definition) is 4. The van der Waals surface area contributed by atoms with Gasteiger partial charge in [-0.15, -0.1) is 0 Å². The predicted octanol–water partition coefficient (Wildman–Crippen LogP) is 3.61. The van der Waals surface area contributed by atoms with Crippen LogP contribution in [0.2, 0.25) is 0 Å². The van der Waals surface area contributed by atoms with Crippen LogP contribution in [0.1, 0.15) is 27.7 Å². The van der Waals surface area contributed by atoms with E-state index in [1.807, 2.05) is 36.9 Å². The largest absolute Gasteiger partial charge is 0.493 e. The maximum absolute atomic E-state index is 5.61. The zero-order valence-electron chi connectivity index (χ0n) is 15.0. The molecular formula is C17H29N3O2S. The molecule has 0 fully saturated rings. The molecule has 23 heavy (non-hydrogen) atoms. The summed E-state index contributed by atoms with van der Waals surface area (Å²) >= 11 is 1.81. The molecule has 0 bridgehead atoms. The monoisotopic (exact) mass is 339 g/mol. The molecule has 0 aliphatic carbocycles. The highest BCUT2D eigenvalue weighted by atomic mass is 32.2. The maximum Gasteiger partial charge on any atom is 0.195 e. The Hall–Kier alpha value is -1.56. The van der Waals surface area contributed by atoms with Crippen molar-refractivity contribution in [3.8, 4) is 11.5 Å². The molecule has 0 atom stereocenters. The average molecular weight is 340 g/mol. The summed E-state index contributed by atoms with van der Waals surface area (Å²) in [6, 6.07) is 5.77. The number of rotatable bonds is 8. The second-order valence-electron chi connectivity index (χ2n) is 5.58. The first-order valence-electron chi connectivity index (χ1n) is 7.87. The molecule has 130 valence electrons. The van der Waals surface area contributed by atoms with Crippen molar-refractivity contribution in [3.05, 3.63) is 18.2 Å². The number of guanidine groups is 1. The van der Waals surface area contributed by atoms with Crippen molar-refractivity contribution >= 4 is 23.4 Å². The van der Waals surface area contributed by atoms with Crippen LogP contribution in [-0.2, 0) is 0 Å². The molecule has 0 heterocycles. The Balaban J connectivity index is 2.91. The Morgan fingerprint density at radius 2 is 2.00 bits per heavy atom. The van der Waals surface area contributed by atoms with Gasteiger partial charge in [-0.05, 0) is 46.1 Å². The number of nitrogens with zero attached hydrogens (tertiary/aromatic N) is 1. The lowest BCUT2D eigenvalue weighted by molar-refractivity contribution is 0.311. The first kappa shape index (κ1) is 19.5. The van der Waals surface area contributed by atoms with Crippen molar-refractivity contribution in [2.45, 2.75) is 32.4 Å². The number of nitrogens with one attached hydrogen (secondary N) is 2. The summed E-state index contributed by atoms with van der Waals surface area (Å²) in [7, 11) is 1.64. The van der Waals surface area contributed by atoms with Crippen LogP contribution in [0.3, 0.4) is 0 Å². The van der Waals surface area contributed by atoms with Gasteiger partial charge in [-0.1, -0.05) is 0 Å². The fraction of sp³-hybridized carbons (Fsp3) is 0.588. The highest BCUT2D eigenvalue weighted by molar-refractivity contribution is 7.99. The molecule has 0 amide bonds. The topological polar surface area (TPSA) is 54.9 Å². The molecule has 0 aromatic heterocycles. The quantitative estimate of drug-likeness (QED) is 0.560. The van der Waals surface area contributed by atoms with Crippen LogP contribution < -0.4 is 20.1 Å². The van der Waals surface area contributed by atoms with Crippen molar-refractivity contribution in [1.82, 2.24) is 5.32 Å². The number of benzene rings is 1. The van der Waals surface area contributed by atoms with E-state index in [0.717, 1.165) is 36.2 Å². The van der Waals surface area contributed by atoms with E-state index in [-0.39, 0.29) is 4.75 Å². The summed E-state index contributed by atoms with van der Waals surface area (Å²) in [5.74, 6) is 2.21. The lowest BCUT2D eigenvalue weighted by Crippen LogP contribution is -2.32. The summed E-state index contributed by atoms with van der Waals surface area (Å²) < 4.78 is 11.0. The molecule has 0 saturated heterocycles. The molecule has 1 rings (SSSR count). The molecule has 0 saturated carbocycles. The van der Waals surface area contributed by atoms with Crippen molar-refractivity contribution in [2.75, 3.05) is 38.4 Å². The first-order valence-corrected chi connectivity index (χ1v) is 9.09. The average Bonchev–Trinajstić information content (AvgIpc) is 2.53. The van der Waals surface area contributed by atoms with E-state index in [9.17, 15) is 0 Å². The van der Waals surface area contributed by atoms with Crippen LogP contribution in [-0.4, -0.2) is 43.8 Å². The summed E-state index contributed by atoms with van der Waals surface area (Å²) in [4.78, 5) is 4.67. The first-order chi connectivity index (χ1) is 11.0. The Kier molecular flexibility index (Phi) is 8.09. The molecule has 0 radical (unpaired) electrons. The molecule has 0 spiro atoms. The molecule has 0 aliphatic rings. The van der Waals surface area contributed by atoms with Crippen LogP contribution in [0, 0.1) is 0 Å². The number of ether oxygens (including phenoxy) is 2. The van der Waals surface area contributed by atoms with Gasteiger partial charge in [0.05, 0.1) is 20.3 Å². The number of aliphatic imine (C=N–C) groups is 1. The smallest absolute Gasteiger partial charge is 0.195 e. The van der Waals surface area contributed by atoms with Crippen LogP contribution in [0.5, 0.6) is 11.5 Å². The van der Waals surface area contributed by atoms with Crippen LogP contribution in [0.25, 0.3) is 0 Å². The number of thioether (sulfide) groups is 1. The van der Waals surface area contributed by atoms with Gasteiger partial charge in [0, 0.05) is 23.0 Å². The zero-order chi connectivity index (χ0) is 17.3. The highest BCUT2D eigenvalue weighted by Gasteiger charge is 2.15. The van der Waals surface area contributed by atoms with E-state index in [1.165, 1.54) is 0 Å². The van der Waals surface area contributed by atoms with E-state index in [2.05, 4.69) is 42.7 Å². The van der Waals surface area contributed by atoms with Gasteiger partial charge < -0.3 is 20.1 Å². The van der Waals surface area contributed by atoms with Gasteiger partial charge in [0.1, 0.15) is 0 Å². The minimum Gasteiger partial charge on any atom is -0.493 e. The molecule has 1 aromatic carbocycles. The number of hydrogen-bond donors (Lipinski definition) is 2. The Morgan fingerprint density at radius 1 is 1.26 bits per heavy atom. The fourth-order valence-electron chi connectivity index (χ4n) is 1.80. The normalized spacial score (nSPS) is 12.0. The van der Waals surface area contributed by atoms with Crippen LogP contribution in [0.15, 0.2) is 23.2 Å². The van der Waals surface area contributed by atoms with Gasteiger partial charge in [-0.2, -0.15) is 11.8 Å². The summed E-state index contributed by atoms with van der Waals surface area (Å²) in [6.45, 7) is 10.5. The molecular weight excluding hydrogens is 310 g/mol. The minimum atomic E-state index is 0.110. The van der Waals surface area contributed by atoms with Crippen molar-refractivity contribution in [3.63, 3.8) is 0 Å². The SMILES string of the molecule is CCNC(=NCC(C)(C)SC)Nc1ccc(OC)c(OCC)c1. The number of anilines is 1. The van der Waals surface area contributed by atoms with Crippen molar-refractivity contribution < 1.29 is 9.47 Å². The van der Waals surface area contributed by atoms with E-state index in [4.69, 9.17) is 9.47 Å². The van der Waals surface area contributed by atoms with Crippen LogP contribution >= 0.6 is 11.8 Å². The summed E-state index contributed by atoms with van der Waals surface area (Å²) in [5.41, 5.74) is 0.913. The third-order valence-corrected chi connectivity index (χ3v) is 4.48. The Morgan fingerprint density at radius 3 is 2.57 bits per heavy atom. The Bertz CT molecular complexity index is 519. The maximum atomic E-state index is 5.61. The van der Waals surface area contributed by atoms with Crippen LogP contribution in [0.4, 0.5) is 5.69 Å². The fourth-order valence-corrected chi connectivity index (χ4v) is 1.99. The highest BCUT2D eigenvalue weighted by Crippen LogP contribution is 2.30. The van der Waals surface area contributed by atoms with Gasteiger partial charge >= 0.3 is 0 Å². The predicted molar refractivity (Wildman–Crippen MR) is 101 cm³/mol. The standard InChI is InChI=1S/C17H29N3O2S/c1-7-18-16(19-12-17(3,4)23-6)20-13-9-10-14(21-5)15(11-13)22-8-2/h9-11H,7-8,12H2,1-6H3,(H2,18,19,20). The lowest BCUT2D eigenvalue weighted by Gasteiger charge is -2.20. The van der Waals surface area contributed by atoms with Gasteiger partial charge in [-0.25, -0.2) is 0 Å².